The van der Waals surface area contributed by atoms with Crippen LogP contribution in [0.25, 0.3) is 0 Å². The third kappa shape index (κ3) is 2.25. The predicted molar refractivity (Wildman–Crippen MR) is 54.5 cm³/mol. The van der Waals surface area contributed by atoms with E-state index < -0.39 is 0 Å². The quantitative estimate of drug-likeness (QED) is 0.328. The van der Waals surface area contributed by atoms with Crippen LogP contribution in [-0.4, -0.2) is 20.8 Å². The number of hydrogen-bond donors (Lipinski definition) is 2. The van der Waals surface area contributed by atoms with Gasteiger partial charge in [-0.15, -0.1) is 0 Å². The molecule has 3 N–H and O–H groups in total. The first-order chi connectivity index (χ1) is 6.54. The zero-order valence-corrected chi connectivity index (χ0v) is 8.73. The summed E-state index contributed by atoms with van der Waals surface area (Å²) >= 11 is 0. The molecule has 0 radical (unpaired) electrons. The minimum Gasteiger partial charge on any atom is -0.409 e. The summed E-state index contributed by atoms with van der Waals surface area (Å²) in [6, 6.07) is 0.328. The zero-order chi connectivity index (χ0) is 10.7. The van der Waals surface area contributed by atoms with Gasteiger partial charge in [0.1, 0.15) is 5.84 Å². The average Bonchev–Trinajstić information content (AvgIpc) is 2.48. The van der Waals surface area contributed by atoms with Crippen LogP contribution in [0.15, 0.2) is 11.4 Å². The largest absolute Gasteiger partial charge is 0.409 e. The van der Waals surface area contributed by atoms with Gasteiger partial charge in [0.15, 0.2) is 0 Å². The van der Waals surface area contributed by atoms with E-state index in [4.69, 9.17) is 10.9 Å². The van der Waals surface area contributed by atoms with E-state index in [1.807, 2.05) is 17.8 Å². The Kier molecular flexibility index (Phi) is 3.11. The van der Waals surface area contributed by atoms with E-state index in [0.717, 1.165) is 11.3 Å². The topological polar surface area (TPSA) is 76.4 Å². The Morgan fingerprint density at radius 2 is 2.36 bits per heavy atom. The molecular weight excluding hydrogens is 180 g/mol. The van der Waals surface area contributed by atoms with Crippen LogP contribution in [-0.2, 0) is 6.42 Å². The summed E-state index contributed by atoms with van der Waals surface area (Å²) in [5.74, 6) is 0.205. The Balaban J connectivity index is 2.88. The summed E-state index contributed by atoms with van der Waals surface area (Å²) in [6.07, 6.45) is 2.37. The number of rotatable bonds is 3. The van der Waals surface area contributed by atoms with Gasteiger partial charge in [0, 0.05) is 24.2 Å². The molecule has 0 aliphatic carbocycles. The van der Waals surface area contributed by atoms with E-state index >= 15 is 0 Å². The van der Waals surface area contributed by atoms with Crippen molar-refractivity contribution >= 4 is 5.84 Å². The molecule has 78 valence electrons. The lowest BCUT2D eigenvalue weighted by Crippen LogP contribution is -2.14. The first-order valence-electron chi connectivity index (χ1n) is 4.55. The zero-order valence-electron chi connectivity index (χ0n) is 8.73. The molecule has 5 nitrogen and oxygen atoms in total. The van der Waals surface area contributed by atoms with Crippen LogP contribution < -0.4 is 5.73 Å². The van der Waals surface area contributed by atoms with Crippen molar-refractivity contribution in [2.75, 3.05) is 0 Å². The molecule has 0 aliphatic rings. The monoisotopic (exact) mass is 196 g/mol. The van der Waals surface area contributed by atoms with Crippen molar-refractivity contribution in [2.45, 2.75) is 33.2 Å². The van der Waals surface area contributed by atoms with Gasteiger partial charge in [-0.05, 0) is 20.8 Å². The van der Waals surface area contributed by atoms with Crippen LogP contribution in [0.3, 0.4) is 0 Å². The van der Waals surface area contributed by atoms with Gasteiger partial charge in [-0.2, -0.15) is 5.10 Å². The third-order valence-electron chi connectivity index (χ3n) is 2.05. The Hall–Kier alpha value is -1.52. The van der Waals surface area contributed by atoms with Crippen molar-refractivity contribution in [3.63, 3.8) is 0 Å². The van der Waals surface area contributed by atoms with Crippen molar-refractivity contribution in [3.8, 4) is 0 Å². The fourth-order valence-corrected chi connectivity index (χ4v) is 1.19. The number of aromatic nitrogens is 2. The van der Waals surface area contributed by atoms with Crippen LogP contribution in [0, 0.1) is 6.92 Å². The van der Waals surface area contributed by atoms with Gasteiger partial charge in [-0.3, -0.25) is 4.68 Å². The molecule has 0 amide bonds. The van der Waals surface area contributed by atoms with Gasteiger partial charge in [-0.25, -0.2) is 0 Å². The summed E-state index contributed by atoms with van der Waals surface area (Å²) in [7, 11) is 0. The smallest absolute Gasteiger partial charge is 0.143 e. The highest BCUT2D eigenvalue weighted by atomic mass is 16.4. The number of aryl methyl sites for hydroxylation is 1. The summed E-state index contributed by atoms with van der Waals surface area (Å²) in [5, 5.41) is 15.7. The van der Waals surface area contributed by atoms with E-state index in [1.165, 1.54) is 0 Å². The maximum atomic E-state index is 8.44. The molecule has 1 rings (SSSR count). The van der Waals surface area contributed by atoms with Gasteiger partial charge in [0.05, 0.1) is 5.69 Å². The normalized spacial score (nSPS) is 12.4. The lowest BCUT2D eigenvalue weighted by Gasteiger charge is -2.02. The Morgan fingerprint density at radius 3 is 2.79 bits per heavy atom. The highest BCUT2D eigenvalue weighted by Crippen LogP contribution is 2.10. The first kappa shape index (κ1) is 10.6. The van der Waals surface area contributed by atoms with Crippen LogP contribution in [0.2, 0.25) is 0 Å². The Morgan fingerprint density at radius 1 is 1.71 bits per heavy atom. The molecule has 0 saturated heterocycles. The Labute approximate surface area is 83.2 Å². The van der Waals surface area contributed by atoms with Gasteiger partial charge in [0.25, 0.3) is 0 Å². The highest BCUT2D eigenvalue weighted by molar-refractivity contribution is 5.82. The summed E-state index contributed by atoms with van der Waals surface area (Å²) in [6.45, 7) is 6.03. The molecule has 0 aromatic carbocycles. The first-order valence-corrected chi connectivity index (χ1v) is 4.55. The van der Waals surface area contributed by atoms with E-state index in [9.17, 15) is 0 Å². The third-order valence-corrected chi connectivity index (χ3v) is 2.05. The molecule has 0 bridgehead atoms. The molecule has 0 spiro atoms. The second-order valence-corrected chi connectivity index (χ2v) is 3.58. The van der Waals surface area contributed by atoms with Crippen LogP contribution in [0.5, 0.6) is 0 Å². The fourth-order valence-electron chi connectivity index (χ4n) is 1.19. The van der Waals surface area contributed by atoms with Crippen molar-refractivity contribution in [1.29, 1.82) is 0 Å². The van der Waals surface area contributed by atoms with Crippen LogP contribution >= 0.6 is 0 Å². The van der Waals surface area contributed by atoms with Crippen molar-refractivity contribution in [3.05, 3.63) is 17.5 Å². The standard InChI is InChI=1S/C9H16N4O/c1-6(2)13-5-8(7(3)11-13)4-9(10)12-14/h5-6,14H,4H2,1-3H3,(H2,10,12). The van der Waals surface area contributed by atoms with Gasteiger partial charge in [0.2, 0.25) is 0 Å². The molecule has 0 aliphatic heterocycles. The van der Waals surface area contributed by atoms with Crippen LogP contribution in [0.1, 0.15) is 31.1 Å². The van der Waals surface area contributed by atoms with Gasteiger partial charge < -0.3 is 10.9 Å². The van der Waals surface area contributed by atoms with E-state index in [2.05, 4.69) is 24.1 Å². The highest BCUT2D eigenvalue weighted by Gasteiger charge is 2.08. The molecule has 5 heteroatoms. The van der Waals surface area contributed by atoms with Crippen molar-refractivity contribution in [2.24, 2.45) is 10.9 Å². The van der Waals surface area contributed by atoms with Gasteiger partial charge >= 0.3 is 0 Å². The molecule has 14 heavy (non-hydrogen) atoms. The van der Waals surface area contributed by atoms with E-state index in [-0.39, 0.29) is 5.84 Å². The lowest BCUT2D eigenvalue weighted by atomic mass is 10.2. The average molecular weight is 196 g/mol. The molecule has 1 aromatic rings. The predicted octanol–water partition coefficient (Wildman–Crippen LogP) is 1.06. The summed E-state index contributed by atoms with van der Waals surface area (Å²) in [5.41, 5.74) is 7.34. The number of nitrogens with zero attached hydrogens (tertiary/aromatic N) is 3. The maximum Gasteiger partial charge on any atom is 0.143 e. The molecule has 0 unspecified atom stereocenters. The minimum atomic E-state index is 0.205. The summed E-state index contributed by atoms with van der Waals surface area (Å²) in [4.78, 5) is 0. The van der Waals surface area contributed by atoms with Crippen LogP contribution in [0.4, 0.5) is 0 Å². The number of oxime groups is 1. The molecule has 0 saturated carbocycles. The SMILES string of the molecule is Cc1nn(C(C)C)cc1C/C(N)=N/O. The number of hydrogen-bond acceptors (Lipinski definition) is 3. The second kappa shape index (κ2) is 4.13. The van der Waals surface area contributed by atoms with Crippen molar-refractivity contribution in [1.82, 2.24) is 9.78 Å². The second-order valence-electron chi connectivity index (χ2n) is 3.58. The molecule has 0 atom stereocenters. The molecule has 0 fully saturated rings. The Bertz CT molecular complexity index is 341. The molecule has 1 heterocycles. The summed E-state index contributed by atoms with van der Waals surface area (Å²) < 4.78 is 1.87. The van der Waals surface area contributed by atoms with Gasteiger partial charge in [-0.1, -0.05) is 5.16 Å². The van der Waals surface area contributed by atoms with E-state index in [0.29, 0.717) is 12.5 Å². The van der Waals surface area contributed by atoms with Crippen molar-refractivity contribution < 1.29 is 5.21 Å². The lowest BCUT2D eigenvalue weighted by molar-refractivity contribution is 0.317. The molecule has 1 aromatic heterocycles. The van der Waals surface area contributed by atoms with E-state index in [1.54, 1.807) is 0 Å². The minimum absolute atomic E-state index is 0.205. The maximum absolute atomic E-state index is 8.44. The number of nitrogens with two attached hydrogens (primary N) is 1. The molecular formula is C9H16N4O. The fraction of sp³-hybridized carbons (Fsp3) is 0.556. The number of amidine groups is 1.